The summed E-state index contributed by atoms with van der Waals surface area (Å²) in [5, 5.41) is 3.59. The van der Waals surface area contributed by atoms with Crippen molar-refractivity contribution in [1.82, 2.24) is 10.2 Å². The number of carbonyl (C=O) groups excluding carboxylic acids is 2. The van der Waals surface area contributed by atoms with Crippen LogP contribution in [0.1, 0.15) is 31.9 Å². The molecule has 40 heavy (non-hydrogen) atoms. The Morgan fingerprint density at radius 2 is 1.55 bits per heavy atom. The van der Waals surface area contributed by atoms with Crippen LogP contribution in [0.5, 0.6) is 0 Å². The fourth-order valence-corrected chi connectivity index (χ4v) is 5.93. The van der Waals surface area contributed by atoms with Gasteiger partial charge in [0.25, 0.3) is 10.0 Å². The number of carbonyl (C=O) groups is 2. The molecule has 0 aromatic heterocycles. The first kappa shape index (κ1) is 31.7. The van der Waals surface area contributed by atoms with Crippen molar-refractivity contribution < 1.29 is 18.0 Å². The van der Waals surface area contributed by atoms with Gasteiger partial charge >= 0.3 is 0 Å². The van der Waals surface area contributed by atoms with Crippen LogP contribution in [-0.2, 0) is 26.2 Å². The Labute approximate surface area is 251 Å². The van der Waals surface area contributed by atoms with Crippen LogP contribution in [0.4, 0.5) is 5.69 Å². The number of sulfonamides is 1. The lowest BCUT2D eigenvalue weighted by molar-refractivity contribution is -0.139. The second-order valence-corrected chi connectivity index (χ2v) is 13.0. The zero-order valence-electron chi connectivity index (χ0n) is 22.7. The van der Waals surface area contributed by atoms with E-state index in [-0.39, 0.29) is 39.0 Å². The zero-order chi connectivity index (χ0) is 29.6. The molecular weight excluding hydrogens is 593 g/mol. The number of rotatable bonds is 11. The maximum absolute atomic E-state index is 14.0. The van der Waals surface area contributed by atoms with Crippen LogP contribution in [0.25, 0.3) is 0 Å². The lowest BCUT2D eigenvalue weighted by Gasteiger charge is -2.32. The monoisotopic (exact) mass is 623 g/mol. The lowest BCUT2D eigenvalue weighted by atomic mass is 10.1. The number of benzene rings is 3. The summed E-state index contributed by atoms with van der Waals surface area (Å²) in [7, 11) is -4.27. The van der Waals surface area contributed by atoms with Gasteiger partial charge in [0.15, 0.2) is 0 Å². The number of amides is 2. The molecule has 1 atom stereocenters. The summed E-state index contributed by atoms with van der Waals surface area (Å²) < 4.78 is 28.7. The summed E-state index contributed by atoms with van der Waals surface area (Å²) in [5.74, 6) is -0.800. The van der Waals surface area contributed by atoms with Crippen LogP contribution < -0.4 is 9.62 Å². The first-order chi connectivity index (χ1) is 18.8. The average molecular weight is 625 g/mol. The minimum Gasteiger partial charge on any atom is -0.354 e. The summed E-state index contributed by atoms with van der Waals surface area (Å²) in [4.78, 5) is 28.3. The van der Waals surface area contributed by atoms with E-state index in [0.29, 0.717) is 17.1 Å². The third-order valence-corrected chi connectivity index (χ3v) is 8.91. The van der Waals surface area contributed by atoms with E-state index in [0.717, 1.165) is 9.87 Å². The van der Waals surface area contributed by atoms with Gasteiger partial charge in [-0.1, -0.05) is 84.5 Å². The highest BCUT2D eigenvalue weighted by atomic mass is 35.5. The highest BCUT2D eigenvalue weighted by molar-refractivity contribution is 7.92. The minimum atomic E-state index is -4.27. The molecule has 0 aliphatic rings. The van der Waals surface area contributed by atoms with Crippen molar-refractivity contribution in [2.24, 2.45) is 5.92 Å². The van der Waals surface area contributed by atoms with E-state index < -0.39 is 28.5 Å². The van der Waals surface area contributed by atoms with Gasteiger partial charge in [0.05, 0.1) is 15.6 Å². The molecule has 0 aliphatic carbocycles. The predicted octanol–water partition coefficient (Wildman–Crippen LogP) is 6.34. The van der Waals surface area contributed by atoms with Crippen molar-refractivity contribution in [1.29, 1.82) is 0 Å². The molecule has 7 nitrogen and oxygen atoms in total. The van der Waals surface area contributed by atoms with Crippen molar-refractivity contribution in [2.75, 3.05) is 17.4 Å². The molecule has 0 bridgehead atoms. The highest BCUT2D eigenvalue weighted by Gasteiger charge is 2.33. The molecule has 0 aliphatic heterocycles. The second-order valence-electron chi connectivity index (χ2n) is 9.85. The van der Waals surface area contributed by atoms with Gasteiger partial charge in [-0.25, -0.2) is 8.42 Å². The number of hydrogen-bond acceptors (Lipinski definition) is 4. The fraction of sp³-hybridized carbons (Fsp3) is 0.310. The smallest absolute Gasteiger partial charge is 0.264 e. The first-order valence-corrected chi connectivity index (χ1v) is 15.2. The molecule has 0 fully saturated rings. The molecule has 1 N–H and O–H groups in total. The third kappa shape index (κ3) is 7.91. The molecule has 11 heteroatoms. The number of halogens is 3. The van der Waals surface area contributed by atoms with Crippen LogP contribution >= 0.6 is 34.8 Å². The van der Waals surface area contributed by atoms with Gasteiger partial charge in [-0.3, -0.25) is 13.9 Å². The minimum absolute atomic E-state index is 0.0174. The predicted molar refractivity (Wildman–Crippen MR) is 161 cm³/mol. The van der Waals surface area contributed by atoms with Crippen LogP contribution in [0, 0.1) is 12.8 Å². The summed E-state index contributed by atoms with van der Waals surface area (Å²) in [6.07, 6.45) is 0. The van der Waals surface area contributed by atoms with Crippen molar-refractivity contribution in [2.45, 2.75) is 45.2 Å². The average Bonchev–Trinajstić information content (AvgIpc) is 2.91. The second kappa shape index (κ2) is 13.7. The number of nitrogens with one attached hydrogen (secondary N) is 1. The van der Waals surface area contributed by atoms with Crippen LogP contribution in [0.2, 0.25) is 15.1 Å². The van der Waals surface area contributed by atoms with Gasteiger partial charge in [-0.15, -0.1) is 0 Å². The molecule has 1 unspecified atom stereocenters. The van der Waals surface area contributed by atoms with Crippen molar-refractivity contribution in [3.05, 3.63) is 92.9 Å². The maximum Gasteiger partial charge on any atom is 0.264 e. The zero-order valence-corrected chi connectivity index (χ0v) is 25.8. The first-order valence-electron chi connectivity index (χ1n) is 12.7. The van der Waals surface area contributed by atoms with Gasteiger partial charge < -0.3 is 10.2 Å². The van der Waals surface area contributed by atoms with Gasteiger partial charge in [-0.2, -0.15) is 0 Å². The van der Waals surface area contributed by atoms with E-state index in [9.17, 15) is 18.0 Å². The van der Waals surface area contributed by atoms with E-state index in [1.54, 1.807) is 43.3 Å². The Morgan fingerprint density at radius 3 is 2.17 bits per heavy atom. The molecule has 2 amide bonds. The maximum atomic E-state index is 14.0. The molecule has 0 radical (unpaired) electrons. The molecular formula is C29H32Cl3N3O4S. The van der Waals surface area contributed by atoms with Crippen molar-refractivity contribution in [3.8, 4) is 0 Å². The van der Waals surface area contributed by atoms with Crippen molar-refractivity contribution >= 4 is 62.3 Å². The Morgan fingerprint density at radius 1 is 0.900 bits per heavy atom. The third-order valence-electron chi connectivity index (χ3n) is 6.22. The topological polar surface area (TPSA) is 86.8 Å². The summed E-state index contributed by atoms with van der Waals surface area (Å²) in [5.41, 5.74) is 1.52. The Balaban J connectivity index is 2.07. The standard InChI is InChI=1S/C29H32Cl3N3O4S/c1-19(2)16-33-29(37)21(4)34(17-22-7-5-6-8-25(22)31)28(36)18-35(27-15-23(30)11-14-26(27)32)40(38,39)24-12-9-20(3)10-13-24/h5-15,19,21H,16-18H2,1-4H3,(H,33,37). The largest absolute Gasteiger partial charge is 0.354 e. The summed E-state index contributed by atoms with van der Waals surface area (Å²) in [6, 6.07) is 16.7. The quantitative estimate of drug-likeness (QED) is 0.270. The Bertz CT molecular complexity index is 1460. The molecule has 0 spiro atoms. The molecule has 3 rings (SSSR count). The number of nitrogens with zero attached hydrogens (tertiary/aromatic N) is 2. The van der Waals surface area contributed by atoms with E-state index in [4.69, 9.17) is 34.8 Å². The normalized spacial score (nSPS) is 12.2. The molecule has 0 saturated carbocycles. The van der Waals surface area contributed by atoms with Crippen LogP contribution in [-0.4, -0.2) is 44.3 Å². The number of hydrogen-bond donors (Lipinski definition) is 1. The van der Waals surface area contributed by atoms with Crippen molar-refractivity contribution in [3.63, 3.8) is 0 Å². The molecule has 3 aromatic rings. The van der Waals surface area contributed by atoms with E-state index >= 15 is 0 Å². The van der Waals surface area contributed by atoms with Gasteiger partial charge in [0.2, 0.25) is 11.8 Å². The van der Waals surface area contributed by atoms with Crippen LogP contribution in [0.15, 0.2) is 71.6 Å². The van der Waals surface area contributed by atoms with E-state index in [1.165, 1.54) is 35.2 Å². The Hall–Kier alpha value is -2.78. The highest BCUT2D eigenvalue weighted by Crippen LogP contribution is 2.33. The van der Waals surface area contributed by atoms with E-state index in [2.05, 4.69) is 5.32 Å². The fourth-order valence-electron chi connectivity index (χ4n) is 3.87. The van der Waals surface area contributed by atoms with Gasteiger partial charge in [0.1, 0.15) is 12.6 Å². The lowest BCUT2D eigenvalue weighted by Crippen LogP contribution is -2.51. The molecule has 214 valence electrons. The number of anilines is 1. The van der Waals surface area contributed by atoms with Crippen LogP contribution in [0.3, 0.4) is 0 Å². The van der Waals surface area contributed by atoms with Gasteiger partial charge in [-0.05, 0) is 61.7 Å². The molecule has 0 heterocycles. The van der Waals surface area contributed by atoms with Gasteiger partial charge in [0, 0.05) is 23.1 Å². The molecule has 0 saturated heterocycles. The summed E-state index contributed by atoms with van der Waals surface area (Å²) in [6.45, 7) is 7.11. The summed E-state index contributed by atoms with van der Waals surface area (Å²) >= 11 is 19.0. The number of aryl methyl sites for hydroxylation is 1. The molecule has 3 aromatic carbocycles. The SMILES string of the molecule is Cc1ccc(S(=O)(=O)N(CC(=O)N(Cc2ccccc2Cl)C(C)C(=O)NCC(C)C)c2cc(Cl)ccc2Cl)cc1. The van der Waals surface area contributed by atoms with E-state index in [1.807, 2.05) is 20.8 Å². The Kier molecular flexibility index (Phi) is 10.9.